The van der Waals surface area contributed by atoms with Crippen molar-refractivity contribution < 1.29 is 19.4 Å². The van der Waals surface area contributed by atoms with Crippen LogP contribution in [0, 0.1) is 19.1 Å². The lowest BCUT2D eigenvalue weighted by atomic mass is 9.70. The van der Waals surface area contributed by atoms with Gasteiger partial charge < -0.3 is 14.6 Å². The first-order valence-corrected chi connectivity index (χ1v) is 8.51. The summed E-state index contributed by atoms with van der Waals surface area (Å²) in [4.78, 5) is 19.1. The average molecular weight is 367 g/mol. The van der Waals surface area contributed by atoms with Crippen molar-refractivity contribution in [2.24, 2.45) is 5.92 Å². The van der Waals surface area contributed by atoms with Gasteiger partial charge in [-0.2, -0.15) is 0 Å². The minimum Gasteiger partial charge on any atom is -0.497 e. The van der Waals surface area contributed by atoms with Gasteiger partial charge in [0, 0.05) is 6.92 Å². The number of hydrogen-bond donors (Lipinski definition) is 1. The van der Waals surface area contributed by atoms with Crippen LogP contribution in [0.1, 0.15) is 18.9 Å². The Hall–Kier alpha value is -3.09. The largest absolute Gasteiger partial charge is 0.497 e. The molecular formula is C21H23N2O4+. The van der Waals surface area contributed by atoms with Crippen molar-refractivity contribution in [1.82, 2.24) is 0 Å². The third-order valence-corrected chi connectivity index (χ3v) is 4.82. The zero-order valence-electron chi connectivity index (χ0n) is 15.5. The fraction of sp³-hybridized carbons (Fsp3) is 0.381. The molecule has 0 heterocycles. The molecule has 0 saturated carbocycles. The van der Waals surface area contributed by atoms with Crippen molar-refractivity contribution in [1.29, 1.82) is 0 Å². The van der Waals surface area contributed by atoms with Gasteiger partial charge in [-0.3, -0.25) is 9.64 Å². The Morgan fingerprint density at radius 1 is 1.41 bits per heavy atom. The minimum absolute atomic E-state index is 0.179. The zero-order valence-corrected chi connectivity index (χ0v) is 15.5. The number of esters is 1. The van der Waals surface area contributed by atoms with Crippen LogP contribution < -0.4 is 4.74 Å². The third-order valence-electron chi connectivity index (χ3n) is 4.82. The second kappa shape index (κ2) is 8.53. The Kier molecular flexibility index (Phi) is 6.39. The second-order valence-electron chi connectivity index (χ2n) is 6.51. The number of carbonyl (C=O) groups excluding carboxylic acids is 1. The molecule has 0 aromatic heterocycles. The fourth-order valence-corrected chi connectivity index (χ4v) is 3.42. The zero-order chi connectivity index (χ0) is 20.0. The summed E-state index contributed by atoms with van der Waals surface area (Å²) in [5, 5.41) is 10.1. The van der Waals surface area contributed by atoms with E-state index in [1.54, 1.807) is 31.4 Å². The van der Waals surface area contributed by atoms with Crippen molar-refractivity contribution in [3.63, 3.8) is 0 Å². The predicted molar refractivity (Wildman–Crippen MR) is 102 cm³/mol. The summed E-state index contributed by atoms with van der Waals surface area (Å²) in [6.45, 7) is 18.6. The van der Waals surface area contributed by atoms with Crippen LogP contribution in [-0.2, 0) is 16.0 Å². The first kappa shape index (κ1) is 20.2. The molecule has 4 atom stereocenters. The SMILES string of the molecule is [C-]#[N+]C(Cc1ccc(OC)cc1)(C(=C)[N+]#C)C1CC(O)C=CC1OC(C)=O. The molecule has 0 spiro atoms. The van der Waals surface area contributed by atoms with Crippen molar-refractivity contribution in [2.75, 3.05) is 7.11 Å². The van der Waals surface area contributed by atoms with E-state index in [0.717, 1.165) is 5.56 Å². The van der Waals surface area contributed by atoms with E-state index in [-0.39, 0.29) is 18.5 Å². The number of aliphatic hydroxyl groups excluding tert-OH is 1. The lowest BCUT2D eigenvalue weighted by Gasteiger charge is -2.34. The second-order valence-corrected chi connectivity index (χ2v) is 6.51. The summed E-state index contributed by atoms with van der Waals surface area (Å²) in [5.74, 6) is -0.325. The van der Waals surface area contributed by atoms with Gasteiger partial charge in [0.2, 0.25) is 0 Å². The molecule has 0 fully saturated rings. The molecule has 1 aromatic carbocycles. The molecule has 0 aliphatic heterocycles. The van der Waals surface area contributed by atoms with Crippen molar-refractivity contribution in [2.45, 2.75) is 37.5 Å². The normalized spacial score (nSPS) is 23.4. The quantitative estimate of drug-likeness (QED) is 0.476. The molecule has 140 valence electrons. The first-order chi connectivity index (χ1) is 12.9. The molecule has 27 heavy (non-hydrogen) atoms. The number of rotatable bonds is 6. The summed E-state index contributed by atoms with van der Waals surface area (Å²) in [6, 6.07) is 7.29. The van der Waals surface area contributed by atoms with Gasteiger partial charge in [0.15, 0.2) is 0 Å². The van der Waals surface area contributed by atoms with Gasteiger partial charge in [0.25, 0.3) is 6.57 Å². The highest BCUT2D eigenvalue weighted by atomic mass is 16.5. The maximum absolute atomic E-state index is 11.5. The molecule has 1 aliphatic carbocycles. The standard InChI is InChI=1S/C21H23N2O4/c1-14(22-3)21(23-4,13-16-6-9-18(26-5)10-7-16)19-12-17(25)8-11-20(19)27-15(2)24/h3,6-11,17,19-20,25H,1,12-13H2,2,5H3/q+1. The van der Waals surface area contributed by atoms with Crippen LogP contribution in [0.25, 0.3) is 9.69 Å². The maximum atomic E-state index is 11.5. The molecule has 6 nitrogen and oxygen atoms in total. The van der Waals surface area contributed by atoms with Crippen LogP contribution in [-0.4, -0.2) is 35.9 Å². The lowest BCUT2D eigenvalue weighted by Crippen LogP contribution is -2.48. The number of nitrogens with zero attached hydrogens (tertiary/aromatic N) is 2. The first-order valence-electron chi connectivity index (χ1n) is 8.51. The Balaban J connectivity index is 2.49. The van der Waals surface area contributed by atoms with E-state index in [2.05, 4.69) is 16.3 Å². The Morgan fingerprint density at radius 2 is 2.07 bits per heavy atom. The monoisotopic (exact) mass is 367 g/mol. The molecule has 0 radical (unpaired) electrons. The molecule has 1 aliphatic rings. The van der Waals surface area contributed by atoms with Gasteiger partial charge in [-0.05, 0) is 41.6 Å². The Morgan fingerprint density at radius 3 is 2.59 bits per heavy atom. The third kappa shape index (κ3) is 4.36. The van der Waals surface area contributed by atoms with Gasteiger partial charge in [0.05, 0.1) is 25.6 Å². The van der Waals surface area contributed by atoms with E-state index in [9.17, 15) is 9.90 Å². The Labute approximate surface area is 159 Å². The number of benzene rings is 1. The highest BCUT2D eigenvalue weighted by molar-refractivity contribution is 5.66. The number of hydrogen-bond acceptors (Lipinski definition) is 4. The number of carbonyl (C=O) groups is 1. The van der Waals surface area contributed by atoms with Crippen molar-refractivity contribution in [3.8, 4) is 12.3 Å². The number of aliphatic hydroxyl groups is 1. The summed E-state index contributed by atoms with van der Waals surface area (Å²) >= 11 is 0. The maximum Gasteiger partial charge on any atom is 0.394 e. The van der Waals surface area contributed by atoms with Crippen molar-refractivity contribution in [3.05, 3.63) is 70.5 Å². The lowest BCUT2D eigenvalue weighted by molar-refractivity contribution is -0.148. The van der Waals surface area contributed by atoms with Crippen LogP contribution in [0.3, 0.4) is 0 Å². The number of methoxy groups -OCH3 is 1. The average Bonchev–Trinajstić information content (AvgIpc) is 2.67. The van der Waals surface area contributed by atoms with Crippen LogP contribution in [0.15, 0.2) is 48.7 Å². The predicted octanol–water partition coefficient (Wildman–Crippen LogP) is 3.24. The van der Waals surface area contributed by atoms with E-state index in [0.29, 0.717) is 5.75 Å². The number of ether oxygens (including phenoxy) is 2. The molecule has 1 aromatic rings. The fourth-order valence-electron chi connectivity index (χ4n) is 3.42. The highest BCUT2D eigenvalue weighted by Crippen LogP contribution is 2.42. The molecule has 0 bridgehead atoms. The minimum atomic E-state index is -1.27. The van der Waals surface area contributed by atoms with E-state index in [1.165, 1.54) is 6.92 Å². The van der Waals surface area contributed by atoms with Crippen molar-refractivity contribution >= 4 is 5.97 Å². The molecule has 4 unspecified atom stereocenters. The molecule has 6 heteroatoms. The van der Waals surface area contributed by atoms with Gasteiger partial charge in [-0.15, -0.1) is 0 Å². The highest BCUT2D eigenvalue weighted by Gasteiger charge is 2.59. The molecule has 0 saturated heterocycles. The van der Waals surface area contributed by atoms with Gasteiger partial charge in [-0.1, -0.05) is 18.2 Å². The summed E-state index contributed by atoms with van der Waals surface area (Å²) in [5.41, 5.74) is -0.241. The van der Waals surface area contributed by atoms with E-state index >= 15 is 0 Å². The van der Waals surface area contributed by atoms with Gasteiger partial charge in [-0.25, -0.2) is 6.57 Å². The smallest absolute Gasteiger partial charge is 0.394 e. The van der Waals surface area contributed by atoms with E-state index in [4.69, 9.17) is 22.6 Å². The van der Waals surface area contributed by atoms with E-state index < -0.39 is 29.6 Å². The summed E-state index contributed by atoms with van der Waals surface area (Å²) in [7, 11) is 1.58. The Bertz CT molecular complexity index is 816. The summed E-state index contributed by atoms with van der Waals surface area (Å²) in [6.07, 6.45) is 2.21. The van der Waals surface area contributed by atoms with Gasteiger partial charge in [0.1, 0.15) is 11.9 Å². The van der Waals surface area contributed by atoms with Crippen LogP contribution in [0.5, 0.6) is 5.75 Å². The topological polar surface area (TPSA) is 64.5 Å². The summed E-state index contributed by atoms with van der Waals surface area (Å²) < 4.78 is 10.6. The van der Waals surface area contributed by atoms with Crippen LogP contribution in [0.2, 0.25) is 0 Å². The van der Waals surface area contributed by atoms with Crippen LogP contribution >= 0.6 is 0 Å². The molecular weight excluding hydrogens is 344 g/mol. The van der Waals surface area contributed by atoms with Gasteiger partial charge >= 0.3 is 17.2 Å². The van der Waals surface area contributed by atoms with E-state index in [1.807, 2.05) is 12.1 Å². The van der Waals surface area contributed by atoms with Crippen LogP contribution in [0.4, 0.5) is 0 Å². The molecule has 1 N–H and O–H groups in total. The molecule has 2 rings (SSSR count). The molecule has 0 amide bonds.